The summed E-state index contributed by atoms with van der Waals surface area (Å²) < 4.78 is 28.1. The maximum absolute atomic E-state index is 14.4. The van der Waals surface area contributed by atoms with Crippen molar-refractivity contribution in [3.63, 3.8) is 0 Å². The van der Waals surface area contributed by atoms with E-state index in [-0.39, 0.29) is 5.56 Å². The lowest BCUT2D eigenvalue weighted by atomic mass is 10.0. The molecule has 30 heavy (non-hydrogen) atoms. The molecule has 0 amide bonds. The summed E-state index contributed by atoms with van der Waals surface area (Å²) in [7, 11) is 0. The second-order valence-corrected chi connectivity index (χ2v) is 7.44. The molecule has 0 saturated heterocycles. The summed E-state index contributed by atoms with van der Waals surface area (Å²) in [4.78, 5) is 14.5. The highest BCUT2D eigenvalue weighted by Gasteiger charge is 2.18. The van der Waals surface area contributed by atoms with Crippen LogP contribution in [0.3, 0.4) is 0 Å². The number of aromatic nitrogens is 3. The molecule has 1 aliphatic heterocycles. The van der Waals surface area contributed by atoms with Gasteiger partial charge in [0, 0.05) is 48.7 Å². The van der Waals surface area contributed by atoms with Crippen LogP contribution in [0.1, 0.15) is 17.8 Å². The van der Waals surface area contributed by atoms with Crippen molar-refractivity contribution < 1.29 is 8.78 Å². The van der Waals surface area contributed by atoms with Gasteiger partial charge in [0.05, 0.1) is 5.69 Å². The van der Waals surface area contributed by atoms with Crippen molar-refractivity contribution in [3.05, 3.63) is 90.0 Å². The van der Waals surface area contributed by atoms with E-state index in [1.807, 2.05) is 30.5 Å². The van der Waals surface area contributed by atoms with Gasteiger partial charge in [0.1, 0.15) is 5.65 Å². The molecule has 5 rings (SSSR count). The van der Waals surface area contributed by atoms with Crippen LogP contribution in [0.2, 0.25) is 0 Å². The Morgan fingerprint density at radius 1 is 0.967 bits per heavy atom. The highest BCUT2D eigenvalue weighted by atomic mass is 19.2. The number of hydrogen-bond acceptors (Lipinski definition) is 3. The van der Waals surface area contributed by atoms with E-state index in [0.29, 0.717) is 11.2 Å². The normalized spacial score (nSPS) is 14.8. The maximum atomic E-state index is 14.4. The first kappa shape index (κ1) is 18.6. The van der Waals surface area contributed by atoms with Crippen LogP contribution < -0.4 is 0 Å². The van der Waals surface area contributed by atoms with E-state index in [2.05, 4.69) is 25.9 Å². The van der Waals surface area contributed by atoms with Crippen LogP contribution in [0.15, 0.2) is 67.0 Å². The Labute approximate surface area is 172 Å². The summed E-state index contributed by atoms with van der Waals surface area (Å²) in [5, 5.41) is 0.786. The minimum atomic E-state index is -0.851. The molecule has 4 aromatic rings. The number of pyridine rings is 2. The third-order valence-corrected chi connectivity index (χ3v) is 5.52. The van der Waals surface area contributed by atoms with E-state index < -0.39 is 11.6 Å². The minimum absolute atomic E-state index is 0.243. The average molecular weight is 402 g/mol. The van der Waals surface area contributed by atoms with Crippen molar-refractivity contribution in [1.29, 1.82) is 0 Å². The number of fused-ring (bicyclic) bond motifs is 1. The van der Waals surface area contributed by atoms with Crippen molar-refractivity contribution in [3.8, 4) is 11.1 Å². The van der Waals surface area contributed by atoms with Crippen molar-refractivity contribution in [2.24, 2.45) is 0 Å². The zero-order valence-electron chi connectivity index (χ0n) is 16.3. The number of hydrogen-bond donors (Lipinski definition) is 1. The molecule has 3 aromatic heterocycles. The third-order valence-electron chi connectivity index (χ3n) is 5.52. The first-order valence-electron chi connectivity index (χ1n) is 9.93. The highest BCUT2D eigenvalue weighted by molar-refractivity contribution is 5.95. The summed E-state index contributed by atoms with van der Waals surface area (Å²) in [6, 6.07) is 13.9. The van der Waals surface area contributed by atoms with E-state index in [9.17, 15) is 8.78 Å². The number of benzene rings is 1. The summed E-state index contributed by atoms with van der Waals surface area (Å²) in [5.41, 5.74) is 4.78. The second kappa shape index (κ2) is 7.80. The van der Waals surface area contributed by atoms with Crippen LogP contribution in [0.4, 0.5) is 8.78 Å². The van der Waals surface area contributed by atoms with E-state index in [1.54, 1.807) is 18.3 Å². The van der Waals surface area contributed by atoms with E-state index in [4.69, 9.17) is 0 Å². The van der Waals surface area contributed by atoms with Gasteiger partial charge in [-0.2, -0.15) is 0 Å². The largest absolute Gasteiger partial charge is 0.339 e. The predicted octanol–water partition coefficient (Wildman–Crippen LogP) is 5.19. The van der Waals surface area contributed by atoms with E-state index in [0.717, 1.165) is 48.9 Å². The second-order valence-electron chi connectivity index (χ2n) is 7.44. The molecular formula is C24H20F2N4. The molecule has 6 heteroatoms. The Morgan fingerprint density at radius 3 is 2.70 bits per heavy atom. The van der Waals surface area contributed by atoms with Gasteiger partial charge in [0.25, 0.3) is 0 Å². The Balaban J connectivity index is 1.43. The molecule has 0 atom stereocenters. The van der Waals surface area contributed by atoms with Crippen LogP contribution in [-0.2, 0) is 6.54 Å². The van der Waals surface area contributed by atoms with E-state index >= 15 is 0 Å². The Morgan fingerprint density at radius 2 is 1.90 bits per heavy atom. The molecule has 0 fully saturated rings. The minimum Gasteiger partial charge on any atom is -0.339 e. The standard InChI is InChI=1S/C24H20F2N4/c25-21-6-3-5-19(23(21)26)18-7-11-28-24-20(18)14-22(29-24)16-8-12-30(13-9-16)15-17-4-1-2-10-27-17/h1-8,10-11,14H,9,12-13,15H2,(H,28,29). The van der Waals surface area contributed by atoms with Crippen LogP contribution >= 0.6 is 0 Å². The fourth-order valence-corrected chi connectivity index (χ4v) is 3.97. The fourth-order valence-electron chi connectivity index (χ4n) is 3.97. The topological polar surface area (TPSA) is 44.8 Å². The number of nitrogens with zero attached hydrogens (tertiary/aromatic N) is 3. The van der Waals surface area contributed by atoms with Gasteiger partial charge in [-0.25, -0.2) is 13.8 Å². The van der Waals surface area contributed by atoms with Crippen LogP contribution in [0, 0.1) is 11.6 Å². The molecule has 1 aliphatic rings. The molecular weight excluding hydrogens is 382 g/mol. The van der Waals surface area contributed by atoms with Crippen molar-refractivity contribution >= 4 is 16.6 Å². The van der Waals surface area contributed by atoms with Crippen LogP contribution in [-0.4, -0.2) is 32.9 Å². The van der Waals surface area contributed by atoms with Gasteiger partial charge in [-0.15, -0.1) is 0 Å². The van der Waals surface area contributed by atoms with Crippen molar-refractivity contribution in [2.45, 2.75) is 13.0 Å². The number of aromatic amines is 1. The van der Waals surface area contributed by atoms with Gasteiger partial charge >= 0.3 is 0 Å². The molecule has 150 valence electrons. The SMILES string of the molecule is Fc1cccc(-c2ccnc3[nH]c(C4=CCN(Cc5ccccn5)CC4)cc23)c1F. The number of halogens is 2. The van der Waals surface area contributed by atoms with Crippen molar-refractivity contribution in [2.75, 3.05) is 13.1 Å². The van der Waals surface area contributed by atoms with Gasteiger partial charge in [-0.05, 0) is 47.9 Å². The lowest BCUT2D eigenvalue weighted by Gasteiger charge is -2.25. The molecule has 0 radical (unpaired) electrons. The molecule has 0 spiro atoms. The molecule has 0 saturated carbocycles. The molecule has 4 nitrogen and oxygen atoms in total. The summed E-state index contributed by atoms with van der Waals surface area (Å²) in [6.07, 6.45) is 6.53. The first-order chi connectivity index (χ1) is 14.7. The predicted molar refractivity (Wildman–Crippen MR) is 114 cm³/mol. The van der Waals surface area contributed by atoms with Gasteiger partial charge < -0.3 is 4.98 Å². The Bertz CT molecular complexity index is 1230. The van der Waals surface area contributed by atoms with Gasteiger partial charge in [-0.3, -0.25) is 9.88 Å². The van der Waals surface area contributed by atoms with Gasteiger partial charge in [-0.1, -0.05) is 24.3 Å². The summed E-state index contributed by atoms with van der Waals surface area (Å²) in [6.45, 7) is 2.58. The molecule has 1 aromatic carbocycles. The smallest absolute Gasteiger partial charge is 0.166 e. The molecule has 0 aliphatic carbocycles. The van der Waals surface area contributed by atoms with Crippen molar-refractivity contribution in [1.82, 2.24) is 19.9 Å². The van der Waals surface area contributed by atoms with Crippen LogP contribution in [0.5, 0.6) is 0 Å². The zero-order valence-corrected chi connectivity index (χ0v) is 16.3. The average Bonchev–Trinajstić information content (AvgIpc) is 3.22. The molecule has 4 heterocycles. The molecule has 1 N–H and O–H groups in total. The highest BCUT2D eigenvalue weighted by Crippen LogP contribution is 2.33. The Kier molecular flexibility index (Phi) is 4.85. The maximum Gasteiger partial charge on any atom is 0.166 e. The quantitative estimate of drug-likeness (QED) is 0.511. The zero-order chi connectivity index (χ0) is 20.5. The third kappa shape index (κ3) is 3.50. The number of nitrogens with one attached hydrogen (secondary N) is 1. The number of H-pyrrole nitrogens is 1. The Hall–Kier alpha value is -3.38. The summed E-state index contributed by atoms with van der Waals surface area (Å²) in [5.74, 6) is -1.69. The lowest BCUT2D eigenvalue weighted by Crippen LogP contribution is -2.28. The van der Waals surface area contributed by atoms with E-state index in [1.165, 1.54) is 11.6 Å². The van der Waals surface area contributed by atoms with Gasteiger partial charge in [0.2, 0.25) is 0 Å². The monoisotopic (exact) mass is 402 g/mol. The van der Waals surface area contributed by atoms with Crippen LogP contribution in [0.25, 0.3) is 27.7 Å². The lowest BCUT2D eigenvalue weighted by molar-refractivity contribution is 0.290. The molecule has 0 unspecified atom stereocenters. The first-order valence-corrected chi connectivity index (χ1v) is 9.93. The molecule has 0 bridgehead atoms. The summed E-state index contributed by atoms with van der Waals surface area (Å²) >= 11 is 0. The fraction of sp³-hybridized carbons (Fsp3) is 0.167. The number of rotatable bonds is 4. The van der Waals surface area contributed by atoms with Gasteiger partial charge in [0.15, 0.2) is 11.6 Å².